The molecule has 0 aromatic heterocycles. The van der Waals surface area contributed by atoms with E-state index in [9.17, 15) is 0 Å². The SMILES string of the molecule is CCCSc1ccc([C@@H](C)N)cc1. The lowest BCUT2D eigenvalue weighted by atomic mass is 10.1. The van der Waals surface area contributed by atoms with Gasteiger partial charge in [-0.25, -0.2) is 0 Å². The van der Waals surface area contributed by atoms with Crippen molar-refractivity contribution in [3.63, 3.8) is 0 Å². The first kappa shape index (κ1) is 10.6. The Bertz CT molecular complexity index is 241. The van der Waals surface area contributed by atoms with E-state index in [1.54, 1.807) is 0 Å². The van der Waals surface area contributed by atoms with Crippen molar-refractivity contribution >= 4 is 11.8 Å². The lowest BCUT2D eigenvalue weighted by molar-refractivity contribution is 0.817. The smallest absolute Gasteiger partial charge is 0.0266 e. The van der Waals surface area contributed by atoms with Crippen molar-refractivity contribution in [2.24, 2.45) is 5.73 Å². The van der Waals surface area contributed by atoms with Crippen molar-refractivity contribution < 1.29 is 0 Å². The molecular formula is C11H17NS. The highest BCUT2D eigenvalue weighted by atomic mass is 32.2. The fourth-order valence-electron chi connectivity index (χ4n) is 1.09. The van der Waals surface area contributed by atoms with Crippen LogP contribution in [0.5, 0.6) is 0 Å². The molecule has 0 aliphatic rings. The van der Waals surface area contributed by atoms with Crippen LogP contribution < -0.4 is 5.73 Å². The lowest BCUT2D eigenvalue weighted by Crippen LogP contribution is -2.04. The summed E-state index contributed by atoms with van der Waals surface area (Å²) < 4.78 is 0. The molecule has 0 aliphatic heterocycles. The van der Waals surface area contributed by atoms with Crippen molar-refractivity contribution in [1.82, 2.24) is 0 Å². The Labute approximate surface area is 84.7 Å². The molecule has 0 saturated heterocycles. The third kappa shape index (κ3) is 3.41. The number of rotatable bonds is 4. The molecule has 72 valence electrons. The molecule has 2 N–H and O–H groups in total. The molecule has 0 unspecified atom stereocenters. The zero-order valence-electron chi connectivity index (χ0n) is 8.29. The average Bonchev–Trinajstić information content (AvgIpc) is 2.15. The molecule has 1 aromatic carbocycles. The predicted octanol–water partition coefficient (Wildman–Crippen LogP) is 3.21. The molecule has 0 aliphatic carbocycles. The second-order valence-corrected chi connectivity index (χ2v) is 4.37. The Morgan fingerprint density at radius 3 is 2.38 bits per heavy atom. The maximum atomic E-state index is 5.76. The van der Waals surface area contributed by atoms with Crippen LogP contribution in [-0.4, -0.2) is 5.75 Å². The highest BCUT2D eigenvalue weighted by Gasteiger charge is 1.98. The van der Waals surface area contributed by atoms with Gasteiger partial charge >= 0.3 is 0 Å². The van der Waals surface area contributed by atoms with Crippen molar-refractivity contribution in [3.05, 3.63) is 29.8 Å². The first-order valence-corrected chi connectivity index (χ1v) is 5.71. The number of hydrogen-bond donors (Lipinski definition) is 1. The molecule has 0 amide bonds. The van der Waals surface area contributed by atoms with Crippen LogP contribution in [0.25, 0.3) is 0 Å². The second kappa shape index (κ2) is 5.30. The molecule has 1 rings (SSSR count). The summed E-state index contributed by atoms with van der Waals surface area (Å²) >= 11 is 1.90. The lowest BCUT2D eigenvalue weighted by Gasteiger charge is -2.06. The maximum Gasteiger partial charge on any atom is 0.0266 e. The predicted molar refractivity (Wildman–Crippen MR) is 60.1 cm³/mol. The van der Waals surface area contributed by atoms with E-state index in [1.165, 1.54) is 22.6 Å². The maximum absolute atomic E-state index is 5.76. The van der Waals surface area contributed by atoms with E-state index in [0.29, 0.717) is 0 Å². The first-order valence-electron chi connectivity index (χ1n) is 4.72. The minimum atomic E-state index is 0.144. The molecule has 1 nitrogen and oxygen atoms in total. The zero-order valence-corrected chi connectivity index (χ0v) is 9.10. The summed E-state index contributed by atoms with van der Waals surface area (Å²) in [5.41, 5.74) is 6.97. The summed E-state index contributed by atoms with van der Waals surface area (Å²) in [7, 11) is 0. The van der Waals surface area contributed by atoms with E-state index < -0.39 is 0 Å². The largest absolute Gasteiger partial charge is 0.324 e. The summed E-state index contributed by atoms with van der Waals surface area (Å²) in [6.07, 6.45) is 1.22. The van der Waals surface area contributed by atoms with Gasteiger partial charge in [-0.2, -0.15) is 0 Å². The Kier molecular flexibility index (Phi) is 4.33. The van der Waals surface area contributed by atoms with Crippen LogP contribution in [0.1, 0.15) is 31.9 Å². The zero-order chi connectivity index (χ0) is 9.68. The van der Waals surface area contributed by atoms with Crippen LogP contribution in [-0.2, 0) is 0 Å². The molecule has 0 radical (unpaired) electrons. The second-order valence-electron chi connectivity index (χ2n) is 3.21. The van der Waals surface area contributed by atoms with Crippen molar-refractivity contribution in [2.75, 3.05) is 5.75 Å². The highest BCUT2D eigenvalue weighted by Crippen LogP contribution is 2.20. The van der Waals surface area contributed by atoms with E-state index in [2.05, 4.69) is 31.2 Å². The number of thioether (sulfide) groups is 1. The summed E-state index contributed by atoms with van der Waals surface area (Å²) in [6.45, 7) is 4.21. The highest BCUT2D eigenvalue weighted by molar-refractivity contribution is 7.99. The molecule has 0 saturated carbocycles. The quantitative estimate of drug-likeness (QED) is 0.747. The molecule has 0 bridgehead atoms. The molecule has 2 heteroatoms. The Morgan fingerprint density at radius 1 is 1.31 bits per heavy atom. The van der Waals surface area contributed by atoms with Crippen molar-refractivity contribution in [3.8, 4) is 0 Å². The van der Waals surface area contributed by atoms with Gasteiger partial charge in [0.05, 0.1) is 0 Å². The third-order valence-electron chi connectivity index (χ3n) is 1.88. The molecule has 0 spiro atoms. The Morgan fingerprint density at radius 2 is 1.92 bits per heavy atom. The van der Waals surface area contributed by atoms with Gasteiger partial charge in [-0.3, -0.25) is 0 Å². The topological polar surface area (TPSA) is 26.0 Å². The number of nitrogens with two attached hydrogens (primary N) is 1. The van der Waals surface area contributed by atoms with E-state index in [1.807, 2.05) is 18.7 Å². The van der Waals surface area contributed by atoms with Crippen LogP contribution in [0.4, 0.5) is 0 Å². The first-order chi connectivity index (χ1) is 6.24. The molecular weight excluding hydrogens is 178 g/mol. The molecule has 13 heavy (non-hydrogen) atoms. The van der Waals surface area contributed by atoms with E-state index in [4.69, 9.17) is 5.73 Å². The van der Waals surface area contributed by atoms with Crippen LogP contribution in [0, 0.1) is 0 Å². The van der Waals surface area contributed by atoms with Gasteiger partial charge in [0.1, 0.15) is 0 Å². The average molecular weight is 195 g/mol. The molecule has 1 atom stereocenters. The standard InChI is InChI=1S/C11H17NS/c1-3-8-13-11-6-4-10(5-7-11)9(2)12/h4-7,9H,3,8,12H2,1-2H3/t9-/m1/s1. The van der Waals surface area contributed by atoms with E-state index in [-0.39, 0.29) is 6.04 Å². The minimum Gasteiger partial charge on any atom is -0.324 e. The van der Waals surface area contributed by atoms with Gasteiger partial charge in [-0.15, -0.1) is 11.8 Å². The summed E-state index contributed by atoms with van der Waals surface area (Å²) in [4.78, 5) is 1.34. The summed E-state index contributed by atoms with van der Waals surface area (Å²) in [5.74, 6) is 1.19. The monoisotopic (exact) mass is 195 g/mol. The van der Waals surface area contributed by atoms with E-state index >= 15 is 0 Å². The van der Waals surface area contributed by atoms with Gasteiger partial charge in [0, 0.05) is 10.9 Å². The number of benzene rings is 1. The Balaban J connectivity index is 2.59. The minimum absolute atomic E-state index is 0.144. The van der Waals surface area contributed by atoms with Gasteiger partial charge in [-0.05, 0) is 36.8 Å². The van der Waals surface area contributed by atoms with Gasteiger partial charge < -0.3 is 5.73 Å². The molecule has 0 fully saturated rings. The van der Waals surface area contributed by atoms with Gasteiger partial charge in [0.15, 0.2) is 0 Å². The normalized spacial score (nSPS) is 12.8. The summed E-state index contributed by atoms with van der Waals surface area (Å²) in [5, 5.41) is 0. The number of hydrogen-bond acceptors (Lipinski definition) is 2. The van der Waals surface area contributed by atoms with Crippen LogP contribution >= 0.6 is 11.8 Å². The van der Waals surface area contributed by atoms with Crippen molar-refractivity contribution in [2.45, 2.75) is 31.2 Å². The fourth-order valence-corrected chi connectivity index (χ4v) is 1.86. The van der Waals surface area contributed by atoms with Crippen molar-refractivity contribution in [1.29, 1.82) is 0 Å². The molecule has 0 heterocycles. The van der Waals surface area contributed by atoms with Gasteiger partial charge in [-0.1, -0.05) is 19.1 Å². The van der Waals surface area contributed by atoms with Gasteiger partial charge in [0.2, 0.25) is 0 Å². The third-order valence-corrected chi connectivity index (χ3v) is 3.10. The summed E-state index contributed by atoms with van der Waals surface area (Å²) in [6, 6.07) is 8.67. The van der Waals surface area contributed by atoms with Crippen LogP contribution in [0.3, 0.4) is 0 Å². The fraction of sp³-hybridized carbons (Fsp3) is 0.455. The van der Waals surface area contributed by atoms with Crippen LogP contribution in [0.2, 0.25) is 0 Å². The Hall–Kier alpha value is -0.470. The van der Waals surface area contributed by atoms with E-state index in [0.717, 1.165) is 0 Å². The van der Waals surface area contributed by atoms with Crippen LogP contribution in [0.15, 0.2) is 29.2 Å². The van der Waals surface area contributed by atoms with Gasteiger partial charge in [0.25, 0.3) is 0 Å². The molecule has 1 aromatic rings.